The number of carbonyl (C=O) groups is 2. The lowest BCUT2D eigenvalue weighted by atomic mass is 10.3. The summed E-state index contributed by atoms with van der Waals surface area (Å²) < 4.78 is 0. The quantitative estimate of drug-likeness (QED) is 0.582. The average Bonchev–Trinajstić information content (AvgIpc) is 2.67. The van der Waals surface area contributed by atoms with Crippen LogP contribution in [0.15, 0.2) is 64.8 Å². The number of azo groups is 1. The molecule has 0 aromatic heterocycles. The molecule has 28 heavy (non-hydrogen) atoms. The molecule has 2 rings (SSSR count). The highest BCUT2D eigenvalue weighted by Crippen LogP contribution is 2.19. The fourth-order valence-corrected chi connectivity index (χ4v) is 2.57. The van der Waals surface area contributed by atoms with E-state index in [0.29, 0.717) is 17.9 Å². The van der Waals surface area contributed by atoms with Crippen molar-refractivity contribution in [2.75, 3.05) is 25.0 Å². The van der Waals surface area contributed by atoms with E-state index in [1.165, 1.54) is 0 Å². The van der Waals surface area contributed by atoms with Gasteiger partial charge in [0.25, 0.3) is 11.8 Å². The molecule has 2 aromatic carbocycles. The lowest BCUT2D eigenvalue weighted by Crippen LogP contribution is -3.14. The number of rotatable bonds is 9. The van der Waals surface area contributed by atoms with Crippen LogP contribution >= 0.6 is 0 Å². The molecule has 0 fully saturated rings. The molecule has 0 aliphatic carbocycles. The number of hydrogen-bond acceptors (Lipinski definition) is 4. The van der Waals surface area contributed by atoms with Gasteiger partial charge in [0.05, 0.1) is 17.9 Å². The first-order valence-corrected chi connectivity index (χ1v) is 9.46. The summed E-state index contributed by atoms with van der Waals surface area (Å²) in [6.45, 7) is 6.99. The third-order valence-corrected chi connectivity index (χ3v) is 3.96. The van der Waals surface area contributed by atoms with Crippen LogP contribution in [-0.2, 0) is 9.59 Å². The lowest BCUT2D eigenvalue weighted by Gasteiger charge is -2.17. The maximum Gasteiger partial charge on any atom is 0.279 e. The summed E-state index contributed by atoms with van der Waals surface area (Å²) in [7, 11) is 0. The Hall–Kier alpha value is -3.06. The first-order chi connectivity index (χ1) is 13.5. The van der Waals surface area contributed by atoms with Gasteiger partial charge >= 0.3 is 0 Å². The molecule has 3 N–H and O–H groups in total. The number of nitrogens with one attached hydrogen (secondary N) is 3. The SMILES string of the molecule is CC[NH+](CC(=O)Nc1ccc(N=Nc2ccccc2)cc1)CC(=O)NC(C)C. The van der Waals surface area contributed by atoms with Crippen LogP contribution in [0.5, 0.6) is 0 Å². The van der Waals surface area contributed by atoms with E-state index in [0.717, 1.165) is 10.6 Å². The monoisotopic (exact) mass is 382 g/mol. The van der Waals surface area contributed by atoms with Gasteiger partial charge in [0, 0.05) is 11.7 Å². The Labute approximate surface area is 165 Å². The summed E-state index contributed by atoms with van der Waals surface area (Å²) in [5.74, 6) is -0.180. The van der Waals surface area contributed by atoms with E-state index in [1.54, 1.807) is 24.3 Å². The van der Waals surface area contributed by atoms with E-state index in [2.05, 4.69) is 20.9 Å². The van der Waals surface area contributed by atoms with E-state index in [1.807, 2.05) is 51.1 Å². The van der Waals surface area contributed by atoms with Gasteiger partial charge in [-0.2, -0.15) is 10.2 Å². The zero-order valence-electron chi connectivity index (χ0n) is 16.6. The average molecular weight is 382 g/mol. The van der Waals surface area contributed by atoms with E-state index >= 15 is 0 Å². The van der Waals surface area contributed by atoms with Gasteiger partial charge in [-0.15, -0.1) is 0 Å². The predicted molar refractivity (Wildman–Crippen MR) is 110 cm³/mol. The van der Waals surface area contributed by atoms with Gasteiger partial charge < -0.3 is 15.5 Å². The molecule has 148 valence electrons. The summed E-state index contributed by atoms with van der Waals surface area (Å²) in [4.78, 5) is 25.1. The number of nitrogens with zero attached hydrogens (tertiary/aromatic N) is 2. The summed E-state index contributed by atoms with van der Waals surface area (Å²) >= 11 is 0. The molecule has 2 aromatic rings. The number of likely N-dealkylation sites (N-methyl/N-ethyl adjacent to an activating group) is 1. The van der Waals surface area contributed by atoms with Crippen molar-refractivity contribution in [3.8, 4) is 0 Å². The van der Waals surface area contributed by atoms with Crippen molar-refractivity contribution in [3.63, 3.8) is 0 Å². The van der Waals surface area contributed by atoms with Gasteiger partial charge in [-0.25, -0.2) is 0 Å². The molecule has 0 radical (unpaired) electrons. The summed E-state index contributed by atoms with van der Waals surface area (Å²) in [5.41, 5.74) is 2.17. The largest absolute Gasteiger partial charge is 0.349 e. The number of amides is 2. The van der Waals surface area contributed by atoms with Crippen molar-refractivity contribution < 1.29 is 14.5 Å². The summed E-state index contributed by atoms with van der Waals surface area (Å²) in [6, 6.07) is 16.7. The van der Waals surface area contributed by atoms with Crippen LogP contribution in [0.1, 0.15) is 20.8 Å². The van der Waals surface area contributed by atoms with Gasteiger partial charge in [-0.05, 0) is 57.2 Å². The second kappa shape index (κ2) is 10.9. The third-order valence-electron chi connectivity index (χ3n) is 3.96. The minimum absolute atomic E-state index is 0.0484. The molecule has 7 heteroatoms. The fraction of sp³-hybridized carbons (Fsp3) is 0.333. The fourth-order valence-electron chi connectivity index (χ4n) is 2.57. The first-order valence-electron chi connectivity index (χ1n) is 9.46. The molecular weight excluding hydrogens is 354 g/mol. The number of quaternary nitrogens is 1. The Morgan fingerprint density at radius 1 is 0.893 bits per heavy atom. The van der Waals surface area contributed by atoms with E-state index < -0.39 is 0 Å². The maximum absolute atomic E-state index is 12.3. The molecular formula is C21H28N5O2+. The first kappa shape index (κ1) is 21.2. The summed E-state index contributed by atoms with van der Waals surface area (Å²) in [5, 5.41) is 14.0. The number of benzene rings is 2. The van der Waals surface area contributed by atoms with Gasteiger partial charge in [0.1, 0.15) is 0 Å². The second-order valence-electron chi connectivity index (χ2n) is 6.81. The van der Waals surface area contributed by atoms with Crippen LogP contribution in [0.25, 0.3) is 0 Å². The smallest absolute Gasteiger partial charge is 0.279 e. The van der Waals surface area contributed by atoms with Crippen molar-refractivity contribution in [3.05, 3.63) is 54.6 Å². The van der Waals surface area contributed by atoms with E-state index in [-0.39, 0.29) is 30.9 Å². The minimum atomic E-state index is -0.132. The molecule has 0 saturated carbocycles. The molecule has 0 heterocycles. The molecule has 1 unspecified atom stereocenters. The Bertz CT molecular complexity index is 788. The molecule has 0 aliphatic rings. The van der Waals surface area contributed by atoms with Crippen molar-refractivity contribution in [1.29, 1.82) is 0 Å². The Balaban J connectivity index is 1.86. The highest BCUT2D eigenvalue weighted by Gasteiger charge is 2.17. The van der Waals surface area contributed by atoms with Gasteiger partial charge in [0.2, 0.25) is 0 Å². The Morgan fingerprint density at radius 2 is 1.46 bits per heavy atom. The molecule has 2 amide bonds. The van der Waals surface area contributed by atoms with Gasteiger partial charge in [-0.3, -0.25) is 9.59 Å². The van der Waals surface area contributed by atoms with Crippen LogP contribution in [0.2, 0.25) is 0 Å². The lowest BCUT2D eigenvalue weighted by molar-refractivity contribution is -0.881. The third kappa shape index (κ3) is 7.67. The van der Waals surface area contributed by atoms with Crippen molar-refractivity contribution >= 4 is 28.9 Å². The van der Waals surface area contributed by atoms with Crippen molar-refractivity contribution in [2.24, 2.45) is 10.2 Å². The standard InChI is InChI=1S/C21H27N5O2/c1-4-26(14-20(27)22-16(2)3)15-21(28)23-17-10-12-19(13-11-17)25-24-18-8-6-5-7-9-18/h5-13,16H,4,14-15H2,1-3H3,(H,22,27)(H,23,28)/p+1. The molecule has 0 bridgehead atoms. The van der Waals surface area contributed by atoms with Crippen LogP contribution in [0.4, 0.5) is 17.1 Å². The van der Waals surface area contributed by atoms with Crippen LogP contribution in [0.3, 0.4) is 0 Å². The zero-order valence-corrected chi connectivity index (χ0v) is 16.6. The molecule has 1 atom stereocenters. The topological polar surface area (TPSA) is 87.4 Å². The van der Waals surface area contributed by atoms with Crippen molar-refractivity contribution in [1.82, 2.24) is 5.32 Å². The molecule has 0 aliphatic heterocycles. The highest BCUT2D eigenvalue weighted by atomic mass is 16.2. The highest BCUT2D eigenvalue weighted by molar-refractivity contribution is 5.91. The van der Waals surface area contributed by atoms with Crippen LogP contribution < -0.4 is 15.5 Å². The van der Waals surface area contributed by atoms with E-state index in [9.17, 15) is 9.59 Å². The maximum atomic E-state index is 12.3. The van der Waals surface area contributed by atoms with Crippen LogP contribution in [-0.4, -0.2) is 37.5 Å². The predicted octanol–water partition coefficient (Wildman–Crippen LogP) is 2.47. The minimum Gasteiger partial charge on any atom is -0.349 e. The number of hydrogen-bond donors (Lipinski definition) is 3. The van der Waals surface area contributed by atoms with E-state index in [4.69, 9.17) is 0 Å². The zero-order chi connectivity index (χ0) is 20.4. The van der Waals surface area contributed by atoms with Crippen LogP contribution in [0, 0.1) is 0 Å². The molecule has 0 saturated heterocycles. The molecule has 0 spiro atoms. The molecule has 7 nitrogen and oxygen atoms in total. The second-order valence-corrected chi connectivity index (χ2v) is 6.81. The number of carbonyl (C=O) groups excluding carboxylic acids is 2. The van der Waals surface area contributed by atoms with Gasteiger partial charge in [0.15, 0.2) is 13.1 Å². The number of anilines is 1. The van der Waals surface area contributed by atoms with Crippen molar-refractivity contribution in [2.45, 2.75) is 26.8 Å². The normalized spacial score (nSPS) is 12.1. The Kier molecular flexibility index (Phi) is 8.30. The summed E-state index contributed by atoms with van der Waals surface area (Å²) in [6.07, 6.45) is 0. The Morgan fingerprint density at radius 3 is 2.04 bits per heavy atom. The van der Waals surface area contributed by atoms with Gasteiger partial charge in [-0.1, -0.05) is 18.2 Å².